The second-order valence-corrected chi connectivity index (χ2v) is 5.42. The Morgan fingerprint density at radius 1 is 1.32 bits per heavy atom. The van der Waals surface area contributed by atoms with E-state index in [2.05, 4.69) is 10.5 Å². The Kier molecular flexibility index (Phi) is 5.05. The van der Waals surface area contributed by atoms with Crippen molar-refractivity contribution in [3.05, 3.63) is 40.1 Å². The Morgan fingerprint density at radius 3 is 2.59 bits per heavy atom. The van der Waals surface area contributed by atoms with E-state index in [1.807, 2.05) is 0 Å². The minimum absolute atomic E-state index is 0.208. The Bertz CT molecular complexity index is 715. The van der Waals surface area contributed by atoms with Crippen LogP contribution in [0.15, 0.2) is 28.8 Å². The van der Waals surface area contributed by atoms with Gasteiger partial charge in [0.25, 0.3) is 0 Å². The topological polar surface area (TPSA) is 75.4 Å². The van der Waals surface area contributed by atoms with Crippen molar-refractivity contribution in [2.24, 2.45) is 0 Å². The van der Waals surface area contributed by atoms with E-state index in [0.29, 0.717) is 21.5 Å². The highest BCUT2D eigenvalue weighted by Crippen LogP contribution is 2.25. The third-order valence-electron chi connectivity index (χ3n) is 2.78. The highest BCUT2D eigenvalue weighted by molar-refractivity contribution is 6.36. The van der Waals surface area contributed by atoms with Gasteiger partial charge < -0.3 is 9.84 Å². The molecule has 116 valence electrons. The zero-order valence-electron chi connectivity index (χ0n) is 11.9. The maximum Gasteiger partial charge on any atom is 0.244 e. The van der Waals surface area contributed by atoms with Gasteiger partial charge >= 0.3 is 0 Å². The molecule has 8 heteroatoms. The number of halogens is 2. The van der Waals surface area contributed by atoms with Crippen molar-refractivity contribution in [1.29, 1.82) is 0 Å². The maximum absolute atomic E-state index is 12.1. The first-order valence-corrected chi connectivity index (χ1v) is 7.08. The van der Waals surface area contributed by atoms with Crippen molar-refractivity contribution in [1.82, 2.24) is 5.16 Å². The number of aryl methyl sites for hydroxylation is 1. The maximum atomic E-state index is 12.1. The summed E-state index contributed by atoms with van der Waals surface area (Å²) in [4.78, 5) is 25.0. The summed E-state index contributed by atoms with van der Waals surface area (Å²) in [6.07, 6.45) is 0. The lowest BCUT2D eigenvalue weighted by atomic mass is 10.3. The van der Waals surface area contributed by atoms with Crippen LogP contribution in [-0.2, 0) is 9.59 Å². The number of amides is 2. The molecule has 1 heterocycles. The van der Waals surface area contributed by atoms with Crippen LogP contribution in [0.4, 0.5) is 11.5 Å². The van der Waals surface area contributed by atoms with E-state index in [1.54, 1.807) is 25.1 Å². The fraction of sp³-hybridized carbons (Fsp3) is 0.214. The summed E-state index contributed by atoms with van der Waals surface area (Å²) in [5.74, 6) is 0.0792. The second-order valence-electron chi connectivity index (χ2n) is 4.57. The van der Waals surface area contributed by atoms with Gasteiger partial charge in [0.2, 0.25) is 11.8 Å². The summed E-state index contributed by atoms with van der Waals surface area (Å²) in [6.45, 7) is 2.83. The predicted octanol–water partition coefficient (Wildman–Crippen LogP) is 3.28. The standard InChI is InChI=1S/C14H13Cl2N3O3/c1-8-5-13(18-22-8)19(9(2)20)7-14(21)17-12-4-3-10(15)6-11(12)16/h3-6H,7H2,1-2H3,(H,17,21). The lowest BCUT2D eigenvalue weighted by molar-refractivity contribution is -0.120. The van der Waals surface area contributed by atoms with E-state index >= 15 is 0 Å². The Morgan fingerprint density at radius 2 is 2.05 bits per heavy atom. The molecule has 22 heavy (non-hydrogen) atoms. The summed E-state index contributed by atoms with van der Waals surface area (Å²) >= 11 is 11.8. The molecule has 0 aliphatic rings. The van der Waals surface area contributed by atoms with Gasteiger partial charge in [0.15, 0.2) is 5.82 Å². The van der Waals surface area contributed by atoms with Gasteiger partial charge in [0.1, 0.15) is 12.3 Å². The van der Waals surface area contributed by atoms with Gasteiger partial charge in [0.05, 0.1) is 10.7 Å². The van der Waals surface area contributed by atoms with E-state index in [9.17, 15) is 9.59 Å². The molecule has 2 rings (SSSR count). The van der Waals surface area contributed by atoms with Gasteiger partial charge in [-0.2, -0.15) is 0 Å². The molecule has 2 amide bonds. The van der Waals surface area contributed by atoms with Gasteiger partial charge in [-0.25, -0.2) is 0 Å². The molecular formula is C14H13Cl2N3O3. The molecule has 0 spiro atoms. The molecule has 0 unspecified atom stereocenters. The SMILES string of the molecule is CC(=O)N(CC(=O)Nc1ccc(Cl)cc1Cl)c1cc(C)on1. The van der Waals surface area contributed by atoms with Crippen LogP contribution in [0.25, 0.3) is 0 Å². The van der Waals surface area contributed by atoms with Crippen molar-refractivity contribution in [2.75, 3.05) is 16.8 Å². The monoisotopic (exact) mass is 341 g/mol. The normalized spacial score (nSPS) is 10.4. The quantitative estimate of drug-likeness (QED) is 0.925. The highest BCUT2D eigenvalue weighted by Gasteiger charge is 2.19. The van der Waals surface area contributed by atoms with Gasteiger partial charge in [-0.05, 0) is 25.1 Å². The smallest absolute Gasteiger partial charge is 0.244 e. The van der Waals surface area contributed by atoms with Gasteiger partial charge in [-0.3, -0.25) is 14.5 Å². The first-order chi connectivity index (χ1) is 10.4. The lowest BCUT2D eigenvalue weighted by Crippen LogP contribution is -2.36. The summed E-state index contributed by atoms with van der Waals surface area (Å²) in [5, 5.41) is 7.13. The van der Waals surface area contributed by atoms with Gasteiger partial charge in [0, 0.05) is 18.0 Å². The third kappa shape index (κ3) is 3.99. The van der Waals surface area contributed by atoms with E-state index in [-0.39, 0.29) is 18.3 Å². The number of aromatic nitrogens is 1. The molecule has 0 saturated heterocycles. The second kappa shape index (κ2) is 6.81. The molecule has 0 radical (unpaired) electrons. The summed E-state index contributed by atoms with van der Waals surface area (Å²) < 4.78 is 4.92. The first-order valence-electron chi connectivity index (χ1n) is 6.33. The highest BCUT2D eigenvalue weighted by atomic mass is 35.5. The van der Waals surface area contributed by atoms with Crippen LogP contribution in [0, 0.1) is 6.92 Å². The average Bonchev–Trinajstić information content (AvgIpc) is 2.85. The van der Waals surface area contributed by atoms with Crippen LogP contribution in [0.5, 0.6) is 0 Å². The number of benzene rings is 1. The van der Waals surface area contributed by atoms with E-state index in [0.717, 1.165) is 0 Å². The first kappa shape index (κ1) is 16.3. The fourth-order valence-corrected chi connectivity index (χ4v) is 2.21. The zero-order chi connectivity index (χ0) is 16.3. The van der Waals surface area contributed by atoms with E-state index < -0.39 is 5.91 Å². The van der Waals surface area contributed by atoms with Crippen LogP contribution in [0.2, 0.25) is 10.0 Å². The minimum atomic E-state index is -0.417. The van der Waals surface area contributed by atoms with Crippen LogP contribution in [0.1, 0.15) is 12.7 Å². The molecule has 0 aliphatic heterocycles. The summed E-state index contributed by atoms with van der Waals surface area (Å²) in [7, 11) is 0. The molecule has 0 aliphatic carbocycles. The Hall–Kier alpha value is -2.05. The molecule has 2 aromatic rings. The van der Waals surface area contributed by atoms with Crippen molar-refractivity contribution >= 4 is 46.5 Å². The minimum Gasteiger partial charge on any atom is -0.360 e. The van der Waals surface area contributed by atoms with Gasteiger partial charge in [-0.15, -0.1) is 0 Å². The summed E-state index contributed by atoms with van der Waals surface area (Å²) in [6, 6.07) is 6.28. The fourth-order valence-electron chi connectivity index (χ4n) is 1.76. The van der Waals surface area contributed by atoms with E-state index in [1.165, 1.54) is 17.9 Å². The largest absolute Gasteiger partial charge is 0.360 e. The molecular weight excluding hydrogens is 329 g/mol. The number of rotatable bonds is 4. The summed E-state index contributed by atoms with van der Waals surface area (Å²) in [5.41, 5.74) is 0.413. The molecule has 0 fully saturated rings. The Labute approximate surface area is 137 Å². The number of carbonyl (C=O) groups excluding carboxylic acids is 2. The van der Waals surface area contributed by atoms with Crippen LogP contribution < -0.4 is 10.2 Å². The molecule has 0 bridgehead atoms. The van der Waals surface area contributed by atoms with Crippen molar-refractivity contribution in [2.45, 2.75) is 13.8 Å². The predicted molar refractivity (Wildman–Crippen MR) is 84.4 cm³/mol. The molecule has 0 atom stereocenters. The van der Waals surface area contributed by atoms with Crippen molar-refractivity contribution in [3.63, 3.8) is 0 Å². The number of carbonyl (C=O) groups is 2. The number of anilines is 2. The number of hydrogen-bond donors (Lipinski definition) is 1. The van der Waals surface area contributed by atoms with Crippen LogP contribution in [-0.4, -0.2) is 23.5 Å². The van der Waals surface area contributed by atoms with Crippen molar-refractivity contribution < 1.29 is 14.1 Å². The van der Waals surface area contributed by atoms with Crippen molar-refractivity contribution in [3.8, 4) is 0 Å². The molecule has 6 nitrogen and oxygen atoms in total. The number of nitrogens with zero attached hydrogens (tertiary/aromatic N) is 2. The Balaban J connectivity index is 2.10. The molecule has 0 saturated carbocycles. The molecule has 1 N–H and O–H groups in total. The lowest BCUT2D eigenvalue weighted by Gasteiger charge is -2.17. The number of hydrogen-bond acceptors (Lipinski definition) is 4. The average molecular weight is 342 g/mol. The number of nitrogens with one attached hydrogen (secondary N) is 1. The third-order valence-corrected chi connectivity index (χ3v) is 3.33. The zero-order valence-corrected chi connectivity index (χ0v) is 13.4. The van der Waals surface area contributed by atoms with Crippen LogP contribution in [0.3, 0.4) is 0 Å². The van der Waals surface area contributed by atoms with Gasteiger partial charge in [-0.1, -0.05) is 28.4 Å². The molecule has 1 aromatic heterocycles. The molecule has 1 aromatic carbocycles. The van der Waals surface area contributed by atoms with E-state index in [4.69, 9.17) is 27.7 Å². The van der Waals surface area contributed by atoms with Crippen LogP contribution >= 0.6 is 23.2 Å².